The minimum atomic E-state index is -3.81. The number of thiocarbonyl (C=S) groups is 1. The van der Waals surface area contributed by atoms with Gasteiger partial charge in [0.2, 0.25) is 0 Å². The molecule has 3 N–H and O–H groups in total. The molecule has 6 atom stereocenters. The highest BCUT2D eigenvalue weighted by Crippen LogP contribution is 2.28. The molecule has 232 valence electrons. The molecule has 1 heterocycles. The molecule has 0 unspecified atom stereocenters. The molecular formula is C25H32N2O13S2. The van der Waals surface area contributed by atoms with Gasteiger partial charge in [0.25, 0.3) is 0 Å². The van der Waals surface area contributed by atoms with Crippen molar-refractivity contribution < 1.29 is 61.2 Å². The summed E-state index contributed by atoms with van der Waals surface area (Å²) in [7, 11) is -3.81. The molecule has 15 nitrogen and oxygen atoms in total. The third-order valence-corrected chi connectivity index (χ3v) is 7.64. The van der Waals surface area contributed by atoms with Crippen molar-refractivity contribution in [2.45, 2.75) is 75.7 Å². The number of nitrogens with one attached hydrogen (secondary N) is 2. The van der Waals surface area contributed by atoms with Crippen LogP contribution in [0, 0.1) is 0 Å². The highest BCUT2D eigenvalue weighted by molar-refractivity contribution is 7.91. The van der Waals surface area contributed by atoms with Crippen LogP contribution in [0.25, 0.3) is 0 Å². The number of benzene rings is 1. The number of ether oxygens (including phenoxy) is 5. The van der Waals surface area contributed by atoms with Crippen LogP contribution in [0.2, 0.25) is 0 Å². The van der Waals surface area contributed by atoms with E-state index in [9.17, 15) is 37.5 Å². The lowest BCUT2D eigenvalue weighted by atomic mass is 9.97. The van der Waals surface area contributed by atoms with Gasteiger partial charge in [0, 0.05) is 27.7 Å². The molecule has 42 heavy (non-hydrogen) atoms. The Morgan fingerprint density at radius 3 is 1.98 bits per heavy atom. The molecule has 0 bridgehead atoms. The van der Waals surface area contributed by atoms with E-state index in [0.29, 0.717) is 0 Å². The predicted octanol–water partition coefficient (Wildman–Crippen LogP) is -0.149. The number of aliphatic carboxylic acids is 1. The van der Waals surface area contributed by atoms with Gasteiger partial charge in [-0.15, -0.1) is 0 Å². The number of hydrogen-bond acceptors (Lipinski definition) is 13. The van der Waals surface area contributed by atoms with Gasteiger partial charge >= 0.3 is 29.8 Å². The van der Waals surface area contributed by atoms with Gasteiger partial charge in [0.1, 0.15) is 18.8 Å². The summed E-state index contributed by atoms with van der Waals surface area (Å²) in [4.78, 5) is 59.1. The van der Waals surface area contributed by atoms with Crippen LogP contribution in [0.15, 0.2) is 35.2 Å². The fraction of sp³-hybridized carbons (Fsp3) is 0.520. The average molecular weight is 633 g/mol. The monoisotopic (exact) mass is 632 g/mol. The third-order valence-electron chi connectivity index (χ3n) is 5.65. The molecule has 0 spiro atoms. The number of sulfone groups is 1. The molecule has 1 aromatic carbocycles. The second-order valence-corrected chi connectivity index (χ2v) is 11.6. The number of carbonyl (C=O) groups is 5. The molecule has 17 heteroatoms. The summed E-state index contributed by atoms with van der Waals surface area (Å²) in [5.74, 6) is -5.14. The van der Waals surface area contributed by atoms with Crippen molar-refractivity contribution in [3.8, 4) is 0 Å². The van der Waals surface area contributed by atoms with Gasteiger partial charge in [-0.05, 0) is 30.8 Å². The van der Waals surface area contributed by atoms with Crippen molar-refractivity contribution in [2.75, 3.05) is 12.4 Å². The van der Waals surface area contributed by atoms with E-state index in [0.717, 1.165) is 27.7 Å². The first-order valence-corrected chi connectivity index (χ1v) is 14.5. The normalized spacial score (nSPS) is 22.5. The second-order valence-electron chi connectivity index (χ2n) is 9.05. The Balaban J connectivity index is 2.30. The summed E-state index contributed by atoms with van der Waals surface area (Å²) >= 11 is 5.23. The van der Waals surface area contributed by atoms with Crippen LogP contribution in [0.1, 0.15) is 34.1 Å². The largest absolute Gasteiger partial charge is 0.480 e. The first kappa shape index (κ1) is 34.4. The summed E-state index contributed by atoms with van der Waals surface area (Å²) in [6.07, 6.45) is -7.47. The summed E-state index contributed by atoms with van der Waals surface area (Å²) < 4.78 is 52.0. The Morgan fingerprint density at radius 1 is 0.905 bits per heavy atom. The molecule has 1 fully saturated rings. The zero-order chi connectivity index (χ0) is 31.6. The van der Waals surface area contributed by atoms with E-state index in [4.69, 9.17) is 35.9 Å². The van der Waals surface area contributed by atoms with Crippen molar-refractivity contribution in [1.29, 1.82) is 0 Å². The van der Waals surface area contributed by atoms with Crippen molar-refractivity contribution >= 4 is 57.0 Å². The Kier molecular flexibility index (Phi) is 12.6. The van der Waals surface area contributed by atoms with E-state index < -0.39 is 88.7 Å². The predicted molar refractivity (Wildman–Crippen MR) is 145 cm³/mol. The standard InChI is InChI=1S/C25H32N2O13S2/c1-13(28)36-12-19-20(37-14(2)29)21(38-15(3)30)22(39-16(4)31)23(40-19)27-25(41)26-18(24(32)33)10-11-42(34,35)17-8-6-5-7-9-17/h5-9,18-23H,10-12H2,1-4H3,(H,32,33)(H2,26,27,41)/t18-,19+,20+,21-,22+,23+/m0/s1. The van der Waals surface area contributed by atoms with E-state index >= 15 is 0 Å². The van der Waals surface area contributed by atoms with Crippen molar-refractivity contribution in [3.05, 3.63) is 30.3 Å². The first-order chi connectivity index (χ1) is 19.6. The maximum absolute atomic E-state index is 12.6. The molecule has 0 aliphatic carbocycles. The maximum Gasteiger partial charge on any atom is 0.326 e. The summed E-state index contributed by atoms with van der Waals surface area (Å²) in [6.45, 7) is 3.82. The highest BCUT2D eigenvalue weighted by atomic mass is 32.2. The third kappa shape index (κ3) is 10.5. The van der Waals surface area contributed by atoms with Crippen LogP contribution in [0.3, 0.4) is 0 Å². The molecule has 1 aromatic rings. The zero-order valence-electron chi connectivity index (χ0n) is 23.1. The van der Waals surface area contributed by atoms with E-state index in [1.165, 1.54) is 24.3 Å². The molecule has 0 radical (unpaired) electrons. The minimum absolute atomic E-state index is 0.0207. The van der Waals surface area contributed by atoms with Crippen molar-refractivity contribution in [3.63, 3.8) is 0 Å². The van der Waals surface area contributed by atoms with Crippen LogP contribution in [-0.4, -0.2) is 97.5 Å². The first-order valence-electron chi connectivity index (χ1n) is 12.5. The van der Waals surface area contributed by atoms with E-state index in [1.807, 2.05) is 0 Å². The minimum Gasteiger partial charge on any atom is -0.480 e. The van der Waals surface area contributed by atoms with Crippen LogP contribution in [0.5, 0.6) is 0 Å². The Hall–Kier alpha value is -3.83. The van der Waals surface area contributed by atoms with Gasteiger partial charge in [-0.3, -0.25) is 19.2 Å². The number of esters is 4. The summed E-state index contributed by atoms with van der Waals surface area (Å²) in [5, 5.41) is 14.4. The van der Waals surface area contributed by atoms with E-state index in [-0.39, 0.29) is 16.4 Å². The van der Waals surface area contributed by atoms with Crippen LogP contribution >= 0.6 is 12.2 Å². The maximum atomic E-state index is 12.6. The number of carbonyl (C=O) groups excluding carboxylic acids is 4. The summed E-state index contributed by atoms with van der Waals surface area (Å²) in [6, 6.07) is 6.00. The lowest BCUT2D eigenvalue weighted by molar-refractivity contribution is -0.254. The molecule has 0 saturated carbocycles. The van der Waals surface area contributed by atoms with Crippen LogP contribution in [-0.2, 0) is 57.5 Å². The lowest BCUT2D eigenvalue weighted by Gasteiger charge is -2.44. The van der Waals surface area contributed by atoms with Crippen molar-refractivity contribution in [2.24, 2.45) is 0 Å². The number of carboxylic acids is 1. The topological polar surface area (TPSA) is 210 Å². The smallest absolute Gasteiger partial charge is 0.326 e. The molecule has 1 aliphatic heterocycles. The quantitative estimate of drug-likeness (QED) is 0.155. The molecule has 0 aromatic heterocycles. The fourth-order valence-corrected chi connectivity index (χ4v) is 5.56. The molecule has 1 saturated heterocycles. The fourth-order valence-electron chi connectivity index (χ4n) is 3.95. The van der Waals surface area contributed by atoms with Crippen molar-refractivity contribution in [1.82, 2.24) is 10.6 Å². The van der Waals surface area contributed by atoms with Gasteiger partial charge in [-0.25, -0.2) is 13.2 Å². The van der Waals surface area contributed by atoms with Crippen LogP contribution < -0.4 is 10.6 Å². The average Bonchev–Trinajstić information content (AvgIpc) is 2.88. The SMILES string of the molecule is CC(=O)OC[C@H]1O[C@@H](NC(=S)N[C@@H](CCS(=O)(=O)c2ccccc2)C(=O)O)[C@H](OC(C)=O)[C@@H](OC(C)=O)[C@@H]1OC(C)=O. The molecule has 2 rings (SSSR count). The second kappa shape index (κ2) is 15.4. The molecular weight excluding hydrogens is 600 g/mol. The number of carboxylic acid groups (broad SMARTS) is 1. The zero-order valence-corrected chi connectivity index (χ0v) is 24.8. The van der Waals surface area contributed by atoms with E-state index in [1.54, 1.807) is 6.07 Å². The van der Waals surface area contributed by atoms with Gasteiger partial charge in [-0.2, -0.15) is 0 Å². The molecule has 1 aliphatic rings. The highest BCUT2D eigenvalue weighted by Gasteiger charge is 2.52. The van der Waals surface area contributed by atoms with Crippen LogP contribution in [0.4, 0.5) is 0 Å². The number of hydrogen-bond donors (Lipinski definition) is 3. The Morgan fingerprint density at radius 2 is 1.45 bits per heavy atom. The van der Waals surface area contributed by atoms with Gasteiger partial charge in [0.15, 0.2) is 39.5 Å². The lowest BCUT2D eigenvalue weighted by Crippen LogP contribution is -2.67. The Bertz CT molecular complexity index is 1270. The van der Waals surface area contributed by atoms with Gasteiger partial charge in [-0.1, -0.05) is 18.2 Å². The Labute approximate surface area is 247 Å². The summed E-state index contributed by atoms with van der Waals surface area (Å²) in [5.41, 5.74) is 0. The van der Waals surface area contributed by atoms with E-state index in [2.05, 4.69) is 10.6 Å². The van der Waals surface area contributed by atoms with Gasteiger partial charge < -0.3 is 39.4 Å². The number of rotatable bonds is 12. The molecule has 0 amide bonds. The van der Waals surface area contributed by atoms with Gasteiger partial charge in [0.05, 0.1) is 10.6 Å².